The molecule has 1 aromatic carbocycles. The Morgan fingerprint density at radius 2 is 1.97 bits per heavy atom. The third-order valence-electron chi connectivity index (χ3n) is 3.51. The third kappa shape index (κ3) is 12.6. The van der Waals surface area contributed by atoms with Crippen LogP contribution in [0.25, 0.3) is 5.41 Å². The molecule has 1 aromatic rings. The predicted molar refractivity (Wildman–Crippen MR) is 118 cm³/mol. The number of anilines is 1. The van der Waals surface area contributed by atoms with Crippen molar-refractivity contribution in [3.05, 3.63) is 70.6 Å². The molecule has 0 bridgehead atoms. The number of nitrogens with one attached hydrogen (secondary N) is 2. The van der Waals surface area contributed by atoms with Crippen molar-refractivity contribution in [2.24, 2.45) is 0 Å². The average Bonchev–Trinajstić information content (AvgIpc) is 2.69. The molecule has 160 valence electrons. The van der Waals surface area contributed by atoms with Crippen molar-refractivity contribution in [3.63, 3.8) is 0 Å². The summed E-state index contributed by atoms with van der Waals surface area (Å²) in [5.41, 5.74) is 2.15. The first-order valence-corrected chi connectivity index (χ1v) is 9.57. The molecule has 0 saturated carbocycles. The van der Waals surface area contributed by atoms with Gasteiger partial charge in [-0.2, -0.15) is 5.57 Å². The predicted octanol–water partition coefficient (Wildman–Crippen LogP) is 1.96. The summed E-state index contributed by atoms with van der Waals surface area (Å²) in [4.78, 5) is 11.8. The summed E-state index contributed by atoms with van der Waals surface area (Å²) in [6.45, 7) is 11.4. The molecule has 1 rings (SSSR count). The Kier molecular flexibility index (Phi) is 19.3. The minimum atomic E-state index is -0.437. The molecule has 1 amide bonds. The number of benzene rings is 1. The fourth-order valence-corrected chi connectivity index (χ4v) is 2.25. The first kappa shape index (κ1) is 31.1. The summed E-state index contributed by atoms with van der Waals surface area (Å²) in [6.07, 6.45) is 9.83. The van der Waals surface area contributed by atoms with E-state index in [0.717, 1.165) is 5.70 Å². The average molecular weight is 440 g/mol. The normalized spacial score (nSPS) is 12.4. The van der Waals surface area contributed by atoms with Gasteiger partial charge in [-0.3, -0.25) is 6.08 Å². The Balaban J connectivity index is 0. The molecule has 0 spiro atoms. The Bertz CT molecular complexity index is 746. The number of carbonyl (C=O) groups excluding carboxylic acids is 1. The number of hydrogen-bond donors (Lipinski definition) is 2. The zero-order valence-corrected chi connectivity index (χ0v) is 22.2. The summed E-state index contributed by atoms with van der Waals surface area (Å²) < 4.78 is 19.4. The van der Waals surface area contributed by atoms with Crippen LogP contribution in [-0.2, 0) is 16.1 Å². The van der Waals surface area contributed by atoms with E-state index in [2.05, 4.69) is 22.8 Å². The van der Waals surface area contributed by atoms with E-state index in [-0.39, 0.29) is 82.0 Å². The fourth-order valence-electron chi connectivity index (χ4n) is 2.25. The van der Waals surface area contributed by atoms with Crippen molar-refractivity contribution in [1.82, 2.24) is 5.32 Å². The van der Waals surface area contributed by atoms with Crippen molar-refractivity contribution in [1.29, 1.82) is 0 Å². The number of carbonyl (C=O) groups is 1. The number of allylic oxidation sites excluding steroid dienone is 4. The largest absolute Gasteiger partial charge is 1.00 e. The van der Waals surface area contributed by atoms with Gasteiger partial charge < -0.3 is 31.8 Å². The molecule has 0 aliphatic heterocycles. The Hall–Kier alpha value is -1.09. The van der Waals surface area contributed by atoms with Gasteiger partial charge in [0.15, 0.2) is 0 Å². The van der Waals surface area contributed by atoms with Gasteiger partial charge in [-0.05, 0) is 30.7 Å². The van der Waals surface area contributed by atoms with E-state index < -0.39 is 5.91 Å². The van der Waals surface area contributed by atoms with Gasteiger partial charge in [0, 0.05) is 11.7 Å². The van der Waals surface area contributed by atoms with Crippen LogP contribution < -0.4 is 62.0 Å². The maximum atomic E-state index is 13.9. The first-order valence-electron chi connectivity index (χ1n) is 9.57. The molecule has 30 heavy (non-hydrogen) atoms. The molecule has 0 aliphatic carbocycles. The van der Waals surface area contributed by atoms with Crippen LogP contribution in [0.1, 0.15) is 47.1 Å². The van der Waals surface area contributed by atoms with Crippen LogP contribution in [0.5, 0.6) is 0 Å². The second-order valence-corrected chi connectivity index (χ2v) is 5.83. The summed E-state index contributed by atoms with van der Waals surface area (Å²) in [6, 6.07) is 4.32. The summed E-state index contributed by atoms with van der Waals surface area (Å²) in [5.74, 6) is -0.806. The quantitative estimate of drug-likeness (QED) is 0.192. The van der Waals surface area contributed by atoms with Gasteiger partial charge in [0.25, 0.3) is 0 Å². The second-order valence-electron chi connectivity index (χ2n) is 5.83. The molecule has 0 heterocycles. The van der Waals surface area contributed by atoms with Crippen molar-refractivity contribution >= 4 is 17.8 Å². The summed E-state index contributed by atoms with van der Waals surface area (Å²) in [5, 5.41) is 14.7. The Morgan fingerprint density at radius 1 is 1.30 bits per heavy atom. The van der Waals surface area contributed by atoms with Gasteiger partial charge in [-0.25, -0.2) is 16.5 Å². The molecule has 0 radical (unpaired) electrons. The molecule has 0 fully saturated rings. The van der Waals surface area contributed by atoms with Crippen LogP contribution in [0, 0.1) is 18.0 Å². The number of ether oxygens (including phenoxy) is 1. The van der Waals surface area contributed by atoms with Crippen LogP contribution in [0.3, 0.4) is 0 Å². The molecule has 7 heteroatoms. The van der Waals surface area contributed by atoms with E-state index in [1.165, 1.54) is 19.1 Å². The van der Waals surface area contributed by atoms with Crippen LogP contribution in [0.4, 0.5) is 10.1 Å². The maximum Gasteiger partial charge on any atom is 1.00 e. The van der Waals surface area contributed by atoms with E-state index in [1.807, 2.05) is 26.8 Å². The van der Waals surface area contributed by atoms with E-state index >= 15 is 0 Å². The molecule has 0 aliphatic rings. The monoisotopic (exact) mass is 439 g/mol. The van der Waals surface area contributed by atoms with Gasteiger partial charge in [-0.1, -0.05) is 27.7 Å². The van der Waals surface area contributed by atoms with Crippen LogP contribution in [0.2, 0.25) is 0 Å². The van der Waals surface area contributed by atoms with Gasteiger partial charge >= 0.3 is 51.4 Å². The second kappa shape index (κ2) is 18.7. The molecular weight excluding hydrogens is 408 g/mol. The molecule has 5 nitrogen and oxygen atoms in total. The van der Waals surface area contributed by atoms with Crippen molar-refractivity contribution in [2.45, 2.75) is 54.2 Å². The number of rotatable bonds is 10. The van der Waals surface area contributed by atoms with E-state index in [1.54, 1.807) is 26.0 Å². The van der Waals surface area contributed by atoms with Crippen molar-refractivity contribution in [3.8, 4) is 0 Å². The zero-order chi connectivity index (χ0) is 22.2. The van der Waals surface area contributed by atoms with Crippen LogP contribution in [-0.4, -0.2) is 24.8 Å². The number of amides is 1. The zero-order valence-electron chi connectivity index (χ0n) is 19.1. The van der Waals surface area contributed by atoms with E-state index in [0.29, 0.717) is 17.5 Å². The van der Waals surface area contributed by atoms with E-state index in [9.17, 15) is 9.18 Å². The van der Waals surface area contributed by atoms with Crippen molar-refractivity contribution < 1.29 is 65.3 Å². The molecule has 1 unspecified atom stereocenters. The summed E-state index contributed by atoms with van der Waals surface area (Å²) in [7, 11) is 0. The first-order chi connectivity index (χ1) is 13.9. The molecule has 1 atom stereocenters. The standard InChI is InChI=1S/C21H25FN3O2.C2H6.K/c1-5-8-19(7-3)25-20-10-16(9-18(22)11-20)14-27-13-15(4)24-21(26)17(6-2)12-23;1-2;/h7-12,15,25H,13-14H2,1-4H3,(H,24,26);1-2H3;/q-3;;+1/b19-7+;;. The SMILES string of the molecule is CC.C[C-]=C/C(=C\C)Nc1cc(F)cc(COCC(C)NC(=O)C(=[C-]C)C=[N-])c1.[K+]. The number of halogens is 1. The topological polar surface area (TPSA) is 72.7 Å². The van der Waals surface area contributed by atoms with E-state index in [4.69, 9.17) is 10.1 Å². The van der Waals surface area contributed by atoms with Crippen LogP contribution >= 0.6 is 0 Å². The Labute approximate surface area is 223 Å². The van der Waals surface area contributed by atoms with Gasteiger partial charge in [0.05, 0.1) is 13.2 Å². The van der Waals surface area contributed by atoms with Gasteiger partial charge in [-0.15, -0.1) is 18.7 Å². The smallest absolute Gasteiger partial charge is 0.878 e. The Morgan fingerprint density at radius 3 is 2.50 bits per heavy atom. The molecule has 0 aromatic heterocycles. The third-order valence-corrected chi connectivity index (χ3v) is 3.51. The number of hydrogen-bond acceptors (Lipinski definition) is 3. The molecular formula is C23H31FKN3O2-2. The molecule has 0 saturated heterocycles. The van der Waals surface area contributed by atoms with Crippen LogP contribution in [0.15, 0.2) is 41.6 Å². The molecule has 2 N–H and O–H groups in total. The minimum Gasteiger partial charge on any atom is -0.878 e. The summed E-state index contributed by atoms with van der Waals surface area (Å²) >= 11 is 0. The van der Waals surface area contributed by atoms with Gasteiger partial charge in [0.1, 0.15) is 11.7 Å². The van der Waals surface area contributed by atoms with Crippen molar-refractivity contribution in [2.75, 3.05) is 11.9 Å². The van der Waals surface area contributed by atoms with Gasteiger partial charge in [0.2, 0.25) is 0 Å². The number of nitrogens with zero attached hydrogens (tertiary/aromatic N) is 1. The minimum absolute atomic E-state index is 0. The fraction of sp³-hybridized carbons (Fsp3) is 0.391. The maximum absolute atomic E-state index is 13.9.